The van der Waals surface area contributed by atoms with Crippen LogP contribution in [0.2, 0.25) is 0 Å². The van der Waals surface area contributed by atoms with E-state index in [4.69, 9.17) is 9.47 Å². The molecule has 0 fully saturated rings. The van der Waals surface area contributed by atoms with Crippen molar-refractivity contribution in [2.45, 2.75) is 150 Å². The second kappa shape index (κ2) is 22.1. The molecule has 0 amide bonds. The Labute approximate surface area is 269 Å². The van der Waals surface area contributed by atoms with E-state index in [0.29, 0.717) is 18.3 Å². The Kier molecular flexibility index (Phi) is 19.0. The van der Waals surface area contributed by atoms with Crippen LogP contribution in [0.5, 0.6) is 0 Å². The molecule has 0 bridgehead atoms. The minimum absolute atomic E-state index is 0.0787. The summed E-state index contributed by atoms with van der Waals surface area (Å²) in [4.78, 5) is 25.4. The van der Waals surface area contributed by atoms with Gasteiger partial charge in [-0.25, -0.2) is 4.79 Å². The lowest BCUT2D eigenvalue weighted by atomic mass is 9.90. The number of fused-ring (bicyclic) bond motifs is 1. The predicted molar refractivity (Wildman–Crippen MR) is 186 cm³/mol. The van der Waals surface area contributed by atoms with Crippen LogP contribution < -0.4 is 0 Å². The molecule has 2 aromatic rings. The standard InChI is InChI=1S/C40H62O4/c1-7-9-10-11-12-13-14-15-16-24-37(25-20-17-21-31(3)28-32(4)29-33(5)38(41)8-2)44-40(42)39(43-6)36-27-26-34-22-18-19-23-35(34)30-36/h18-19,22-23,26-27,29-32,37,39H,7-17,20-21,24-25,28H2,1-6H3/b33-29+/t31?,32?,37-,39-/m0/s1. The second-order valence-electron chi connectivity index (χ2n) is 13.1. The molecule has 0 aliphatic rings. The molecule has 0 aromatic heterocycles. The summed E-state index contributed by atoms with van der Waals surface area (Å²) in [5, 5.41) is 2.24. The van der Waals surface area contributed by atoms with Crippen molar-refractivity contribution in [1.82, 2.24) is 0 Å². The van der Waals surface area contributed by atoms with Gasteiger partial charge in [0.05, 0.1) is 0 Å². The van der Waals surface area contributed by atoms with Gasteiger partial charge in [-0.1, -0.05) is 134 Å². The van der Waals surface area contributed by atoms with Gasteiger partial charge in [-0.3, -0.25) is 4.79 Å². The molecule has 4 heteroatoms. The molecule has 246 valence electrons. The molecule has 0 N–H and O–H groups in total. The summed E-state index contributed by atoms with van der Waals surface area (Å²) >= 11 is 0. The highest BCUT2D eigenvalue weighted by Gasteiger charge is 2.25. The molecular formula is C40H62O4. The normalized spacial score (nSPS) is 14.7. The highest BCUT2D eigenvalue weighted by Crippen LogP contribution is 2.27. The molecule has 2 rings (SSSR count). The van der Waals surface area contributed by atoms with Crippen LogP contribution in [-0.2, 0) is 19.1 Å². The molecule has 0 spiro atoms. The van der Waals surface area contributed by atoms with Crippen molar-refractivity contribution >= 4 is 22.5 Å². The highest BCUT2D eigenvalue weighted by atomic mass is 16.6. The first-order valence-corrected chi connectivity index (χ1v) is 17.7. The smallest absolute Gasteiger partial charge is 0.340 e. The Morgan fingerprint density at radius 3 is 2.00 bits per heavy atom. The molecule has 2 aromatic carbocycles. The number of unbranched alkanes of at least 4 members (excludes halogenated alkanes) is 9. The number of methoxy groups -OCH3 is 1. The summed E-state index contributed by atoms with van der Waals surface area (Å²) < 4.78 is 11.9. The fourth-order valence-electron chi connectivity index (χ4n) is 6.39. The molecule has 0 saturated heterocycles. The van der Waals surface area contributed by atoms with Gasteiger partial charge in [-0.05, 0) is 78.8 Å². The zero-order valence-electron chi connectivity index (χ0n) is 28.9. The largest absolute Gasteiger partial charge is 0.460 e. The summed E-state index contributed by atoms with van der Waals surface area (Å²) in [7, 11) is 1.59. The molecule has 4 nitrogen and oxygen atoms in total. The van der Waals surface area contributed by atoms with E-state index in [1.165, 1.54) is 51.4 Å². The van der Waals surface area contributed by atoms with E-state index in [1.54, 1.807) is 7.11 Å². The summed E-state index contributed by atoms with van der Waals surface area (Å²) in [5.41, 5.74) is 1.73. The van der Waals surface area contributed by atoms with Crippen LogP contribution in [0.4, 0.5) is 0 Å². The van der Waals surface area contributed by atoms with E-state index in [1.807, 2.05) is 44.2 Å². The van der Waals surface area contributed by atoms with Crippen LogP contribution in [0, 0.1) is 11.8 Å². The van der Waals surface area contributed by atoms with Gasteiger partial charge >= 0.3 is 5.97 Å². The number of ketones is 1. The Bertz CT molecular complexity index is 1120. The molecule has 0 radical (unpaired) electrons. The summed E-state index contributed by atoms with van der Waals surface area (Å²) in [6.07, 6.45) is 19.7. The lowest BCUT2D eigenvalue weighted by Crippen LogP contribution is -2.24. The molecule has 0 heterocycles. The number of carbonyl (C=O) groups excluding carboxylic acids is 2. The number of rotatable bonds is 24. The first-order valence-electron chi connectivity index (χ1n) is 17.7. The van der Waals surface area contributed by atoms with Crippen molar-refractivity contribution < 1.29 is 19.1 Å². The average molecular weight is 607 g/mol. The highest BCUT2D eigenvalue weighted by molar-refractivity contribution is 5.94. The lowest BCUT2D eigenvalue weighted by Gasteiger charge is -2.22. The predicted octanol–water partition coefficient (Wildman–Crippen LogP) is 11.5. The van der Waals surface area contributed by atoms with Crippen molar-refractivity contribution in [2.24, 2.45) is 11.8 Å². The quantitative estimate of drug-likeness (QED) is 0.0677. The van der Waals surface area contributed by atoms with Crippen LogP contribution in [0.15, 0.2) is 54.1 Å². The van der Waals surface area contributed by atoms with Gasteiger partial charge in [0, 0.05) is 13.5 Å². The second-order valence-corrected chi connectivity index (χ2v) is 13.1. The monoisotopic (exact) mass is 606 g/mol. The third-order valence-electron chi connectivity index (χ3n) is 8.98. The Hall–Kier alpha value is -2.46. The topological polar surface area (TPSA) is 52.6 Å². The van der Waals surface area contributed by atoms with Crippen molar-refractivity contribution in [3.05, 3.63) is 59.7 Å². The van der Waals surface area contributed by atoms with Gasteiger partial charge in [0.2, 0.25) is 0 Å². The van der Waals surface area contributed by atoms with Gasteiger partial charge in [0.1, 0.15) is 6.10 Å². The molecule has 44 heavy (non-hydrogen) atoms. The SMILES string of the molecule is CCCCCCCCCCC[C@@H](CCCCC(C)CC(C)/C=C(\C)C(=O)CC)OC(=O)[C@@H](OC)c1ccc2ccccc2c1. The lowest BCUT2D eigenvalue weighted by molar-refractivity contribution is -0.162. The number of esters is 1. The molecule has 4 atom stereocenters. The third-order valence-corrected chi connectivity index (χ3v) is 8.98. The van der Waals surface area contributed by atoms with Crippen molar-refractivity contribution in [2.75, 3.05) is 7.11 Å². The summed E-state index contributed by atoms with van der Waals surface area (Å²) in [6.45, 7) is 10.7. The van der Waals surface area contributed by atoms with Gasteiger partial charge < -0.3 is 9.47 Å². The van der Waals surface area contributed by atoms with E-state index in [9.17, 15) is 9.59 Å². The molecule has 0 aliphatic carbocycles. The Morgan fingerprint density at radius 2 is 1.36 bits per heavy atom. The molecule has 2 unspecified atom stereocenters. The molecule has 0 saturated carbocycles. The Morgan fingerprint density at radius 1 is 0.773 bits per heavy atom. The number of ether oxygens (including phenoxy) is 2. The fourth-order valence-corrected chi connectivity index (χ4v) is 6.39. The molecular weight excluding hydrogens is 544 g/mol. The van der Waals surface area contributed by atoms with Crippen LogP contribution in [0.25, 0.3) is 10.8 Å². The molecule has 0 aliphatic heterocycles. The third kappa shape index (κ3) is 14.5. The van der Waals surface area contributed by atoms with Crippen molar-refractivity contribution in [3.8, 4) is 0 Å². The van der Waals surface area contributed by atoms with Gasteiger partial charge in [-0.15, -0.1) is 0 Å². The minimum Gasteiger partial charge on any atom is -0.460 e. The zero-order valence-corrected chi connectivity index (χ0v) is 28.9. The first-order chi connectivity index (χ1) is 21.3. The van der Waals surface area contributed by atoms with E-state index >= 15 is 0 Å². The van der Waals surface area contributed by atoms with Gasteiger partial charge in [-0.2, -0.15) is 0 Å². The van der Waals surface area contributed by atoms with Gasteiger partial charge in [0.15, 0.2) is 11.9 Å². The van der Waals surface area contributed by atoms with Gasteiger partial charge in [0.25, 0.3) is 0 Å². The number of Topliss-reactive ketones (excluding diaryl/α,β-unsaturated/α-hetero) is 1. The van der Waals surface area contributed by atoms with E-state index in [0.717, 1.165) is 66.9 Å². The fraction of sp³-hybridized carbons (Fsp3) is 0.650. The number of allylic oxidation sites excluding steroid dienone is 2. The summed E-state index contributed by atoms with van der Waals surface area (Å²) in [5.74, 6) is 0.958. The summed E-state index contributed by atoms with van der Waals surface area (Å²) in [6, 6.07) is 14.2. The van der Waals surface area contributed by atoms with Crippen molar-refractivity contribution in [3.63, 3.8) is 0 Å². The number of benzene rings is 2. The average Bonchev–Trinajstić information content (AvgIpc) is 3.01. The number of hydrogen-bond acceptors (Lipinski definition) is 4. The van der Waals surface area contributed by atoms with E-state index in [2.05, 4.69) is 39.0 Å². The Balaban J connectivity index is 1.90. The zero-order chi connectivity index (χ0) is 32.2. The number of hydrogen-bond donors (Lipinski definition) is 0. The first kappa shape index (κ1) is 37.7. The maximum absolute atomic E-state index is 13.4. The maximum Gasteiger partial charge on any atom is 0.340 e. The number of carbonyl (C=O) groups is 2. The van der Waals surface area contributed by atoms with Crippen LogP contribution in [-0.4, -0.2) is 25.0 Å². The van der Waals surface area contributed by atoms with Crippen LogP contribution in [0.3, 0.4) is 0 Å². The van der Waals surface area contributed by atoms with E-state index in [-0.39, 0.29) is 17.9 Å². The maximum atomic E-state index is 13.4. The van der Waals surface area contributed by atoms with Crippen molar-refractivity contribution in [1.29, 1.82) is 0 Å². The minimum atomic E-state index is -0.720. The van der Waals surface area contributed by atoms with E-state index < -0.39 is 6.10 Å². The van der Waals surface area contributed by atoms with Crippen LogP contribution in [0.1, 0.15) is 149 Å². The van der Waals surface area contributed by atoms with Crippen LogP contribution >= 0.6 is 0 Å².